The molecule has 8 rings (SSSR count). The molecule has 6 N–H and O–H groups in total. The van der Waals surface area contributed by atoms with Crippen LogP contribution in [0.4, 0.5) is 0 Å². The monoisotopic (exact) mass is 750 g/mol. The van der Waals surface area contributed by atoms with Gasteiger partial charge in [0.05, 0.1) is 73.9 Å². The summed E-state index contributed by atoms with van der Waals surface area (Å²) in [6, 6.07) is 0. The van der Waals surface area contributed by atoms with Crippen LogP contribution in [-0.4, -0.2) is 118 Å². The fourth-order valence-electron chi connectivity index (χ4n) is 13.2. The summed E-state index contributed by atoms with van der Waals surface area (Å²) in [5.74, 6) is -0.0149. The van der Waals surface area contributed by atoms with Gasteiger partial charge < -0.3 is 49.6 Å². The van der Waals surface area contributed by atoms with Gasteiger partial charge in [-0.15, -0.1) is 0 Å². The van der Waals surface area contributed by atoms with Crippen molar-refractivity contribution in [1.29, 1.82) is 0 Å². The predicted octanol–water partition coefficient (Wildman–Crippen LogP) is 3.06. The Morgan fingerprint density at radius 3 is 1.87 bits per heavy atom. The van der Waals surface area contributed by atoms with Crippen molar-refractivity contribution >= 4 is 11.9 Å². The molecule has 0 amide bonds. The van der Waals surface area contributed by atoms with Crippen molar-refractivity contribution in [2.75, 3.05) is 26.4 Å². The van der Waals surface area contributed by atoms with Crippen molar-refractivity contribution < 1.29 is 59.2 Å². The maximum Gasteiger partial charge on any atom is 0.303 e. The molecule has 17 atom stereocenters. The smallest absolute Gasteiger partial charge is 0.303 e. The lowest BCUT2D eigenvalue weighted by Gasteiger charge is -2.61. The number of fused-ring (bicyclic) bond motifs is 10. The maximum atomic E-state index is 11.5. The van der Waals surface area contributed by atoms with Gasteiger partial charge in [0.25, 0.3) is 0 Å². The minimum atomic E-state index is -0.666. The van der Waals surface area contributed by atoms with E-state index in [4.69, 9.17) is 18.9 Å². The second-order valence-electron chi connectivity index (χ2n) is 18.4. The molecule has 2 heterocycles. The van der Waals surface area contributed by atoms with E-state index in [1.54, 1.807) is 0 Å². The van der Waals surface area contributed by atoms with Crippen LogP contribution in [-0.2, 0) is 28.5 Å². The Morgan fingerprint density at radius 1 is 0.755 bits per heavy atom. The summed E-state index contributed by atoms with van der Waals surface area (Å²) in [6.07, 6.45) is 7.39. The maximum absolute atomic E-state index is 11.5. The lowest BCUT2D eigenvalue weighted by molar-refractivity contribution is -0.202. The summed E-state index contributed by atoms with van der Waals surface area (Å²) in [5, 5.41) is 62.6. The van der Waals surface area contributed by atoms with E-state index in [1.807, 2.05) is 6.08 Å². The Hall–Kier alpha value is -1.64. The van der Waals surface area contributed by atoms with E-state index in [0.29, 0.717) is 37.7 Å². The van der Waals surface area contributed by atoms with Crippen molar-refractivity contribution in [2.24, 2.45) is 51.2 Å². The van der Waals surface area contributed by atoms with Crippen LogP contribution in [0.5, 0.6) is 0 Å². The number of carbonyl (C=O) groups excluding carboxylic acids is 2. The van der Waals surface area contributed by atoms with E-state index in [9.17, 15) is 40.2 Å². The molecule has 2 aliphatic heterocycles. The van der Waals surface area contributed by atoms with E-state index >= 15 is 0 Å². The number of hydrogen-bond donors (Lipinski definition) is 6. The zero-order chi connectivity index (χ0) is 37.4. The van der Waals surface area contributed by atoms with Gasteiger partial charge >= 0.3 is 11.9 Å². The molecule has 7 unspecified atom stereocenters. The fourth-order valence-corrected chi connectivity index (χ4v) is 13.2. The first-order chi connectivity index (χ1) is 24.6. The van der Waals surface area contributed by atoms with Gasteiger partial charge in [-0.25, -0.2) is 0 Å². The normalized spacial score (nSPS) is 50.8. The van der Waals surface area contributed by atoms with Gasteiger partial charge in [0, 0.05) is 25.7 Å². The molecule has 53 heavy (non-hydrogen) atoms. The van der Waals surface area contributed by atoms with Gasteiger partial charge in [0.1, 0.15) is 12.2 Å². The third-order valence-corrected chi connectivity index (χ3v) is 16.0. The Kier molecular flexibility index (Phi) is 11.6. The quantitative estimate of drug-likeness (QED) is 0.182. The van der Waals surface area contributed by atoms with E-state index in [-0.39, 0.29) is 92.2 Å². The number of esters is 2. The highest BCUT2D eigenvalue weighted by molar-refractivity contribution is 5.66. The lowest BCUT2D eigenvalue weighted by Crippen LogP contribution is -2.62. The van der Waals surface area contributed by atoms with Gasteiger partial charge in [-0.2, -0.15) is 0 Å². The van der Waals surface area contributed by atoms with Crippen LogP contribution < -0.4 is 0 Å². The van der Waals surface area contributed by atoms with Crippen LogP contribution in [0.15, 0.2) is 11.6 Å². The Labute approximate surface area is 314 Å². The molecule has 5 saturated carbocycles. The molecule has 12 heteroatoms. The number of aliphatic hydroxyl groups excluding tert-OH is 6. The highest BCUT2D eigenvalue weighted by Crippen LogP contribution is 2.64. The first-order valence-corrected chi connectivity index (χ1v) is 19.9. The van der Waals surface area contributed by atoms with E-state index in [2.05, 4.69) is 13.8 Å². The average molecular weight is 751 g/mol. The minimum Gasteiger partial charge on any atom is -0.459 e. The molecule has 0 aromatic rings. The van der Waals surface area contributed by atoms with Crippen molar-refractivity contribution in [1.82, 2.24) is 0 Å². The van der Waals surface area contributed by atoms with Crippen molar-refractivity contribution in [3.8, 4) is 0 Å². The number of rotatable bonds is 4. The molecular formula is C41H66O12. The molecule has 0 aromatic carbocycles. The van der Waals surface area contributed by atoms with Crippen molar-refractivity contribution in [3.63, 3.8) is 0 Å². The molecule has 8 aliphatic rings. The minimum absolute atomic E-state index is 0. The van der Waals surface area contributed by atoms with Crippen molar-refractivity contribution in [3.05, 3.63) is 11.6 Å². The molecular weight excluding hydrogens is 684 g/mol. The molecule has 302 valence electrons. The summed E-state index contributed by atoms with van der Waals surface area (Å²) in [6.45, 7) is 7.69. The predicted molar refractivity (Wildman–Crippen MR) is 193 cm³/mol. The molecule has 7 fully saturated rings. The number of hydrogen-bond acceptors (Lipinski definition) is 12. The van der Waals surface area contributed by atoms with Gasteiger partial charge in [-0.3, -0.25) is 9.59 Å². The Balaban J connectivity index is 0.000000178. The molecule has 0 spiro atoms. The van der Waals surface area contributed by atoms with Gasteiger partial charge in [-0.05, 0) is 99.2 Å². The van der Waals surface area contributed by atoms with Gasteiger partial charge in [0.15, 0.2) is 0 Å². The Bertz CT molecular complexity index is 1390. The topological polar surface area (TPSA) is 192 Å². The molecule has 0 aromatic heterocycles. The average Bonchev–Trinajstić information content (AvgIpc) is 3.65. The molecule has 0 bridgehead atoms. The summed E-state index contributed by atoms with van der Waals surface area (Å²) in [4.78, 5) is 23.0. The number of carbonyl (C=O) groups is 2. The highest BCUT2D eigenvalue weighted by atomic mass is 16.6. The SMILES string of the molecule is C.CC(=O)O[C@H]1COC2C3C(CC[C@@]21CO)[C@@]1(C)CC[C@H](O)CC1=C[C@@H]3O.CC(=O)O[C@H]1COC2C3C(CC[C@@]21CO)[C@@]1(C)CC[C@H](O)CC1C[C@@H]3O. The standard InChI is InChI=1S/C20H32O6.C20H30O6.CH4/c2*1-11(22)26-16-9-25-18-17-14(4-6-20(16,18)10-21)19(2)5-3-13(23)7-12(19)8-15(17)24;/h12-18,21,23-24H,3-10H2,1-2H3;8,13-18,21,23-24H,3-7,9-10H2,1-2H3;1H4/t12?,13-,14?,15-,16-,17?,18?,19-,20-;13-,14?,15-,16-,17?,18?,19-,20-;/m00./s1. The van der Waals surface area contributed by atoms with Crippen LogP contribution >= 0.6 is 0 Å². The molecule has 6 aliphatic carbocycles. The van der Waals surface area contributed by atoms with Gasteiger partial charge in [-0.1, -0.05) is 32.9 Å². The third kappa shape index (κ3) is 6.52. The fraction of sp³-hybridized carbons (Fsp3) is 0.902. The van der Waals surface area contributed by atoms with Crippen LogP contribution in [0, 0.1) is 51.2 Å². The summed E-state index contributed by atoms with van der Waals surface area (Å²) >= 11 is 0. The van der Waals surface area contributed by atoms with Crippen LogP contribution in [0.2, 0.25) is 0 Å². The molecule has 2 saturated heterocycles. The second-order valence-corrected chi connectivity index (χ2v) is 18.4. The number of aliphatic hydroxyl groups is 6. The van der Waals surface area contributed by atoms with Crippen LogP contribution in [0.25, 0.3) is 0 Å². The van der Waals surface area contributed by atoms with E-state index < -0.39 is 35.2 Å². The summed E-state index contributed by atoms with van der Waals surface area (Å²) in [5.41, 5.74) is -0.0353. The van der Waals surface area contributed by atoms with Crippen LogP contribution in [0.3, 0.4) is 0 Å². The molecule has 0 radical (unpaired) electrons. The van der Waals surface area contributed by atoms with Crippen LogP contribution in [0.1, 0.15) is 106 Å². The third-order valence-electron chi connectivity index (χ3n) is 16.0. The summed E-state index contributed by atoms with van der Waals surface area (Å²) in [7, 11) is 0. The van der Waals surface area contributed by atoms with Gasteiger partial charge in [0.2, 0.25) is 0 Å². The second kappa shape index (κ2) is 15.0. The van der Waals surface area contributed by atoms with Crippen molar-refractivity contribution in [2.45, 2.75) is 155 Å². The number of ether oxygens (including phenoxy) is 4. The highest BCUT2D eigenvalue weighted by Gasteiger charge is 2.67. The van der Waals surface area contributed by atoms with E-state index in [0.717, 1.165) is 56.9 Å². The lowest BCUT2D eigenvalue weighted by atomic mass is 9.45. The summed E-state index contributed by atoms with van der Waals surface area (Å²) < 4.78 is 23.2. The first kappa shape index (κ1) is 41.0. The Morgan fingerprint density at radius 2 is 1.30 bits per heavy atom. The zero-order valence-corrected chi connectivity index (χ0v) is 31.3. The van der Waals surface area contributed by atoms with E-state index in [1.165, 1.54) is 13.8 Å². The molecule has 12 nitrogen and oxygen atoms in total. The first-order valence-electron chi connectivity index (χ1n) is 19.9. The zero-order valence-electron chi connectivity index (χ0n) is 31.3. The largest absolute Gasteiger partial charge is 0.459 e.